The van der Waals surface area contributed by atoms with Crippen molar-refractivity contribution in [3.05, 3.63) is 54.5 Å². The summed E-state index contributed by atoms with van der Waals surface area (Å²) in [4.78, 5) is 23.9. The minimum absolute atomic E-state index is 0.296. The number of rotatable bonds is 5. The van der Waals surface area contributed by atoms with Crippen LogP contribution in [0.15, 0.2) is 48.8 Å². The third-order valence-corrected chi connectivity index (χ3v) is 3.50. The first kappa shape index (κ1) is 15.7. The summed E-state index contributed by atoms with van der Waals surface area (Å²) in [5.74, 6) is 0.892. The Balaban J connectivity index is 2.08. The van der Waals surface area contributed by atoms with E-state index < -0.39 is 5.97 Å². The predicted molar refractivity (Wildman–Crippen MR) is 89.8 cm³/mol. The van der Waals surface area contributed by atoms with Gasteiger partial charge in [0, 0.05) is 23.5 Å². The highest BCUT2D eigenvalue weighted by atomic mass is 16.5. The van der Waals surface area contributed by atoms with Gasteiger partial charge >= 0.3 is 5.97 Å². The van der Waals surface area contributed by atoms with Crippen LogP contribution in [0.4, 0.5) is 0 Å². The summed E-state index contributed by atoms with van der Waals surface area (Å²) in [6, 6.07) is 11.0. The lowest BCUT2D eigenvalue weighted by molar-refractivity contribution is 0.0521. The monoisotopic (exact) mass is 323 g/mol. The number of imidazole rings is 1. The van der Waals surface area contributed by atoms with Gasteiger partial charge in [-0.25, -0.2) is 9.78 Å². The number of carbonyl (C=O) groups excluding carboxylic acids is 1. The summed E-state index contributed by atoms with van der Waals surface area (Å²) in [6.45, 7) is 2.07. The highest BCUT2D eigenvalue weighted by Gasteiger charge is 2.20. The van der Waals surface area contributed by atoms with Gasteiger partial charge in [0.15, 0.2) is 5.69 Å². The number of carbonyl (C=O) groups is 1. The number of nitrogens with one attached hydrogen (secondary N) is 1. The number of hydrogen-bond donors (Lipinski definition) is 1. The Morgan fingerprint density at radius 1 is 1.08 bits per heavy atom. The third-order valence-electron chi connectivity index (χ3n) is 3.50. The second-order valence-corrected chi connectivity index (χ2v) is 4.99. The van der Waals surface area contributed by atoms with Crippen LogP contribution in [-0.4, -0.2) is 34.6 Å². The summed E-state index contributed by atoms with van der Waals surface area (Å²) < 4.78 is 10.3. The van der Waals surface area contributed by atoms with E-state index in [9.17, 15) is 4.79 Å². The molecule has 0 amide bonds. The normalized spacial score (nSPS) is 10.4. The van der Waals surface area contributed by atoms with Gasteiger partial charge in [-0.3, -0.25) is 4.98 Å². The average Bonchev–Trinajstić information content (AvgIpc) is 3.08. The molecule has 0 saturated carbocycles. The molecule has 122 valence electrons. The van der Waals surface area contributed by atoms with Gasteiger partial charge in [0.25, 0.3) is 0 Å². The van der Waals surface area contributed by atoms with Crippen LogP contribution in [0.3, 0.4) is 0 Å². The molecule has 0 radical (unpaired) electrons. The Labute approximate surface area is 139 Å². The van der Waals surface area contributed by atoms with Crippen LogP contribution < -0.4 is 4.74 Å². The van der Waals surface area contributed by atoms with Crippen molar-refractivity contribution in [2.24, 2.45) is 0 Å². The van der Waals surface area contributed by atoms with E-state index in [0.717, 1.165) is 16.9 Å². The van der Waals surface area contributed by atoms with Gasteiger partial charge in [0.1, 0.15) is 17.3 Å². The van der Waals surface area contributed by atoms with Crippen LogP contribution in [-0.2, 0) is 4.74 Å². The number of ether oxygens (including phenoxy) is 2. The molecule has 0 saturated heterocycles. The van der Waals surface area contributed by atoms with E-state index in [4.69, 9.17) is 9.47 Å². The highest BCUT2D eigenvalue weighted by molar-refractivity contribution is 5.95. The molecule has 0 aliphatic rings. The largest absolute Gasteiger partial charge is 0.497 e. The van der Waals surface area contributed by atoms with Gasteiger partial charge in [-0.2, -0.15) is 0 Å². The fourth-order valence-electron chi connectivity index (χ4n) is 2.33. The lowest BCUT2D eigenvalue weighted by Gasteiger charge is -2.04. The molecule has 0 aliphatic carbocycles. The fraction of sp³-hybridized carbons (Fsp3) is 0.167. The van der Waals surface area contributed by atoms with E-state index in [2.05, 4.69) is 15.0 Å². The number of aromatic amines is 1. The van der Waals surface area contributed by atoms with E-state index in [1.807, 2.05) is 36.4 Å². The zero-order valence-corrected chi connectivity index (χ0v) is 13.4. The molecule has 0 spiro atoms. The first-order valence-electron chi connectivity index (χ1n) is 7.55. The Bertz CT molecular complexity index is 826. The third kappa shape index (κ3) is 3.12. The van der Waals surface area contributed by atoms with Crippen LogP contribution in [0.25, 0.3) is 22.6 Å². The van der Waals surface area contributed by atoms with Crippen LogP contribution in [0.5, 0.6) is 5.75 Å². The van der Waals surface area contributed by atoms with E-state index in [1.165, 1.54) is 0 Å². The number of benzene rings is 1. The van der Waals surface area contributed by atoms with E-state index >= 15 is 0 Å². The summed E-state index contributed by atoms with van der Waals surface area (Å²) in [5.41, 5.74) is 2.52. The summed E-state index contributed by atoms with van der Waals surface area (Å²) >= 11 is 0. The Hall–Kier alpha value is -3.15. The Morgan fingerprint density at radius 3 is 2.42 bits per heavy atom. The smallest absolute Gasteiger partial charge is 0.357 e. The van der Waals surface area contributed by atoms with Crippen molar-refractivity contribution in [3.63, 3.8) is 0 Å². The average molecular weight is 323 g/mol. The zero-order chi connectivity index (χ0) is 16.9. The maximum atomic E-state index is 12.3. The molecule has 6 heteroatoms. The number of hydrogen-bond acceptors (Lipinski definition) is 5. The molecular formula is C18H17N3O3. The Morgan fingerprint density at radius 2 is 1.79 bits per heavy atom. The standard InChI is InChI=1S/C18H17N3O3/c1-3-24-18(22)16-15(12-4-6-14(23-2)7-5-12)20-17(21-16)13-8-10-19-11-9-13/h4-11H,3H2,1-2H3,(H,20,21). The van der Waals surface area contributed by atoms with Crippen molar-refractivity contribution < 1.29 is 14.3 Å². The minimum atomic E-state index is -0.434. The van der Waals surface area contributed by atoms with Crippen LogP contribution in [0, 0.1) is 0 Å². The molecule has 6 nitrogen and oxygen atoms in total. The summed E-state index contributed by atoms with van der Waals surface area (Å²) in [5, 5.41) is 0. The van der Waals surface area contributed by atoms with Gasteiger partial charge in [-0.15, -0.1) is 0 Å². The van der Waals surface area contributed by atoms with Gasteiger partial charge in [-0.05, 0) is 43.3 Å². The number of H-pyrrole nitrogens is 1. The number of methoxy groups -OCH3 is 1. The first-order chi connectivity index (χ1) is 11.7. The zero-order valence-electron chi connectivity index (χ0n) is 13.4. The molecule has 0 bridgehead atoms. The lowest BCUT2D eigenvalue weighted by Crippen LogP contribution is -2.06. The van der Waals surface area contributed by atoms with Crippen molar-refractivity contribution in [2.45, 2.75) is 6.92 Å². The van der Waals surface area contributed by atoms with E-state index in [0.29, 0.717) is 23.8 Å². The van der Waals surface area contributed by atoms with Crippen molar-refractivity contribution in [1.82, 2.24) is 15.0 Å². The highest BCUT2D eigenvalue weighted by Crippen LogP contribution is 2.28. The number of aromatic nitrogens is 3. The van der Waals surface area contributed by atoms with Crippen molar-refractivity contribution >= 4 is 5.97 Å². The maximum absolute atomic E-state index is 12.3. The molecular weight excluding hydrogens is 306 g/mol. The Kier molecular flexibility index (Phi) is 4.56. The second kappa shape index (κ2) is 6.95. The molecule has 1 aromatic carbocycles. The summed E-state index contributed by atoms with van der Waals surface area (Å²) in [6.07, 6.45) is 3.35. The number of esters is 1. The minimum Gasteiger partial charge on any atom is -0.497 e. The lowest BCUT2D eigenvalue weighted by atomic mass is 10.1. The first-order valence-corrected chi connectivity index (χ1v) is 7.55. The molecule has 1 N–H and O–H groups in total. The maximum Gasteiger partial charge on any atom is 0.357 e. The molecule has 0 unspecified atom stereocenters. The molecule has 3 aromatic rings. The molecule has 2 aromatic heterocycles. The SMILES string of the molecule is CCOC(=O)c1[nH]c(-c2ccncc2)nc1-c1ccc(OC)cc1. The van der Waals surface area contributed by atoms with Crippen LogP contribution >= 0.6 is 0 Å². The van der Waals surface area contributed by atoms with Crippen molar-refractivity contribution in [3.8, 4) is 28.4 Å². The van der Waals surface area contributed by atoms with Gasteiger partial charge in [0.05, 0.1) is 13.7 Å². The molecule has 2 heterocycles. The number of nitrogens with zero attached hydrogens (tertiary/aromatic N) is 2. The van der Waals surface area contributed by atoms with Crippen molar-refractivity contribution in [1.29, 1.82) is 0 Å². The molecule has 0 fully saturated rings. The van der Waals surface area contributed by atoms with Gasteiger partial charge < -0.3 is 14.5 Å². The van der Waals surface area contributed by atoms with Gasteiger partial charge in [0.2, 0.25) is 0 Å². The summed E-state index contributed by atoms with van der Waals surface area (Å²) in [7, 11) is 1.61. The van der Waals surface area contributed by atoms with E-state index in [-0.39, 0.29) is 0 Å². The van der Waals surface area contributed by atoms with Gasteiger partial charge in [-0.1, -0.05) is 0 Å². The molecule has 0 aliphatic heterocycles. The second-order valence-electron chi connectivity index (χ2n) is 4.99. The quantitative estimate of drug-likeness (QED) is 0.729. The molecule has 0 atom stereocenters. The number of pyridine rings is 1. The molecule has 3 rings (SSSR count). The van der Waals surface area contributed by atoms with Crippen LogP contribution in [0.1, 0.15) is 17.4 Å². The predicted octanol–water partition coefficient (Wildman–Crippen LogP) is 3.32. The topological polar surface area (TPSA) is 77.1 Å². The van der Waals surface area contributed by atoms with Crippen molar-refractivity contribution in [2.75, 3.05) is 13.7 Å². The molecule has 24 heavy (non-hydrogen) atoms. The van der Waals surface area contributed by atoms with Crippen LogP contribution in [0.2, 0.25) is 0 Å². The fourth-order valence-corrected chi connectivity index (χ4v) is 2.33. The van der Waals surface area contributed by atoms with E-state index in [1.54, 1.807) is 26.4 Å².